The molecule has 1 N–H and O–H groups in total. The van der Waals surface area contributed by atoms with Gasteiger partial charge >= 0.3 is 12.1 Å². The van der Waals surface area contributed by atoms with Gasteiger partial charge in [-0.15, -0.1) is 0 Å². The van der Waals surface area contributed by atoms with Crippen molar-refractivity contribution in [3.05, 3.63) is 42.0 Å². The molecule has 0 atom stereocenters. The molecule has 0 saturated heterocycles. The average Bonchev–Trinajstić information content (AvgIpc) is 2.79. The van der Waals surface area contributed by atoms with E-state index >= 15 is 0 Å². The number of amides is 1. The highest BCUT2D eigenvalue weighted by molar-refractivity contribution is 6.02. The maximum absolute atomic E-state index is 11.8. The van der Waals surface area contributed by atoms with Crippen LogP contribution in [0.4, 0.5) is 10.5 Å². The Labute approximate surface area is 104 Å². The highest BCUT2D eigenvalue weighted by Gasteiger charge is 2.30. The summed E-state index contributed by atoms with van der Waals surface area (Å²) >= 11 is 0. The number of hydrogen-bond acceptors (Lipinski definition) is 3. The van der Waals surface area contributed by atoms with E-state index in [0.29, 0.717) is 18.7 Å². The largest absolute Gasteiger partial charge is 0.478 e. The molecule has 0 unspecified atom stereocenters. The van der Waals surface area contributed by atoms with Gasteiger partial charge in [-0.1, -0.05) is 24.8 Å². The molecule has 0 fully saturated rings. The highest BCUT2D eigenvalue weighted by atomic mass is 16.6. The fourth-order valence-electron chi connectivity index (χ4n) is 2.02. The SMILES string of the molecule is C=CCOC(=O)N1CCc2cccc(C(=O)O)c21. The predicted molar refractivity (Wildman–Crippen MR) is 66.0 cm³/mol. The van der Waals surface area contributed by atoms with Gasteiger partial charge in [0.15, 0.2) is 0 Å². The average molecular weight is 247 g/mol. The molecule has 1 aromatic rings. The van der Waals surface area contributed by atoms with Crippen LogP contribution in [0.15, 0.2) is 30.9 Å². The first-order valence-corrected chi connectivity index (χ1v) is 5.55. The Morgan fingerprint density at radius 2 is 2.28 bits per heavy atom. The monoisotopic (exact) mass is 247 g/mol. The summed E-state index contributed by atoms with van der Waals surface area (Å²) in [6, 6.07) is 4.99. The van der Waals surface area contributed by atoms with Gasteiger partial charge in [-0.3, -0.25) is 4.90 Å². The molecule has 5 heteroatoms. The lowest BCUT2D eigenvalue weighted by Gasteiger charge is -2.18. The van der Waals surface area contributed by atoms with Gasteiger partial charge in [-0.25, -0.2) is 9.59 Å². The maximum Gasteiger partial charge on any atom is 0.414 e. The van der Waals surface area contributed by atoms with E-state index in [4.69, 9.17) is 9.84 Å². The van der Waals surface area contributed by atoms with E-state index in [0.717, 1.165) is 5.56 Å². The van der Waals surface area contributed by atoms with Crippen LogP contribution < -0.4 is 4.90 Å². The van der Waals surface area contributed by atoms with Gasteiger partial charge in [-0.2, -0.15) is 0 Å². The first kappa shape index (κ1) is 12.2. The van der Waals surface area contributed by atoms with Crippen molar-refractivity contribution in [3.63, 3.8) is 0 Å². The van der Waals surface area contributed by atoms with E-state index in [2.05, 4.69) is 6.58 Å². The van der Waals surface area contributed by atoms with E-state index in [1.165, 1.54) is 17.0 Å². The molecule has 0 aromatic heterocycles. The van der Waals surface area contributed by atoms with Crippen LogP contribution in [-0.4, -0.2) is 30.3 Å². The number of hydrogen-bond donors (Lipinski definition) is 1. The molecule has 0 bridgehead atoms. The standard InChI is InChI=1S/C13H13NO4/c1-2-8-18-13(17)14-7-6-9-4-3-5-10(11(9)14)12(15)16/h2-5H,1,6-8H2,(H,15,16). The van der Waals surface area contributed by atoms with E-state index in [1.54, 1.807) is 6.07 Å². The molecule has 18 heavy (non-hydrogen) atoms. The third-order valence-corrected chi connectivity index (χ3v) is 2.77. The van der Waals surface area contributed by atoms with Crippen LogP contribution in [0.25, 0.3) is 0 Å². The summed E-state index contributed by atoms with van der Waals surface area (Å²) in [5, 5.41) is 9.13. The molecule has 0 aliphatic carbocycles. The topological polar surface area (TPSA) is 66.8 Å². The van der Waals surface area contributed by atoms with Crippen LogP contribution in [0.3, 0.4) is 0 Å². The summed E-state index contributed by atoms with van der Waals surface area (Å²) in [7, 11) is 0. The third-order valence-electron chi connectivity index (χ3n) is 2.77. The number of ether oxygens (including phenoxy) is 1. The summed E-state index contributed by atoms with van der Waals surface area (Å²) in [5.41, 5.74) is 1.42. The lowest BCUT2D eigenvalue weighted by molar-refractivity contribution is 0.0697. The van der Waals surface area contributed by atoms with E-state index in [-0.39, 0.29) is 12.2 Å². The lowest BCUT2D eigenvalue weighted by atomic mass is 10.1. The molecule has 5 nitrogen and oxygen atoms in total. The predicted octanol–water partition coefficient (Wildman–Crippen LogP) is 2.07. The number of fused-ring (bicyclic) bond motifs is 1. The number of carboxylic acids is 1. The molecule has 1 aliphatic rings. The molecular formula is C13H13NO4. The summed E-state index contributed by atoms with van der Waals surface area (Å²) in [5.74, 6) is -1.05. The minimum atomic E-state index is -1.05. The van der Waals surface area contributed by atoms with Crippen molar-refractivity contribution in [2.45, 2.75) is 6.42 Å². The number of rotatable bonds is 3. The zero-order chi connectivity index (χ0) is 13.1. The zero-order valence-electron chi connectivity index (χ0n) is 9.76. The van der Waals surface area contributed by atoms with Gasteiger partial charge < -0.3 is 9.84 Å². The van der Waals surface area contributed by atoms with E-state index in [1.807, 2.05) is 6.07 Å². The van der Waals surface area contributed by atoms with Crippen LogP contribution in [0.2, 0.25) is 0 Å². The lowest BCUT2D eigenvalue weighted by Crippen LogP contribution is -2.30. The Balaban J connectivity index is 2.34. The van der Waals surface area contributed by atoms with Crippen molar-refractivity contribution in [3.8, 4) is 0 Å². The number of benzene rings is 1. The van der Waals surface area contributed by atoms with Gasteiger partial charge in [0.1, 0.15) is 6.61 Å². The van der Waals surface area contributed by atoms with Crippen molar-refractivity contribution in [1.29, 1.82) is 0 Å². The molecular weight excluding hydrogens is 234 g/mol. The molecule has 1 aliphatic heterocycles. The second-order valence-electron chi connectivity index (χ2n) is 3.89. The summed E-state index contributed by atoms with van der Waals surface area (Å²) in [6.07, 6.45) is 1.57. The molecule has 0 radical (unpaired) electrons. The minimum absolute atomic E-state index is 0.111. The Bertz CT molecular complexity index is 510. The van der Waals surface area contributed by atoms with Gasteiger partial charge in [0.2, 0.25) is 0 Å². The van der Waals surface area contributed by atoms with Crippen LogP contribution >= 0.6 is 0 Å². The Kier molecular flexibility index (Phi) is 3.32. The number of para-hydroxylation sites is 1. The minimum Gasteiger partial charge on any atom is -0.478 e. The molecule has 94 valence electrons. The molecule has 1 amide bonds. The first-order chi connectivity index (χ1) is 8.65. The summed E-state index contributed by atoms with van der Waals surface area (Å²) in [4.78, 5) is 24.3. The van der Waals surface area contributed by atoms with Gasteiger partial charge in [-0.05, 0) is 18.1 Å². The van der Waals surface area contributed by atoms with E-state index < -0.39 is 12.1 Å². The quantitative estimate of drug-likeness (QED) is 0.830. The molecule has 1 heterocycles. The second kappa shape index (κ2) is 4.91. The summed E-state index contributed by atoms with van der Waals surface area (Å²) < 4.78 is 4.94. The van der Waals surface area contributed by atoms with Crippen LogP contribution in [0.1, 0.15) is 15.9 Å². The first-order valence-electron chi connectivity index (χ1n) is 5.55. The Morgan fingerprint density at radius 1 is 1.50 bits per heavy atom. The van der Waals surface area contributed by atoms with Crippen LogP contribution in [0.5, 0.6) is 0 Å². The van der Waals surface area contributed by atoms with Crippen molar-refractivity contribution in [2.75, 3.05) is 18.1 Å². The van der Waals surface area contributed by atoms with Gasteiger partial charge in [0, 0.05) is 6.54 Å². The van der Waals surface area contributed by atoms with Gasteiger partial charge in [0.25, 0.3) is 0 Å². The maximum atomic E-state index is 11.8. The summed E-state index contributed by atoms with van der Waals surface area (Å²) in [6.45, 7) is 4.01. The number of carboxylic acid groups (broad SMARTS) is 1. The number of carbonyl (C=O) groups excluding carboxylic acids is 1. The number of anilines is 1. The Hall–Kier alpha value is -2.30. The number of nitrogens with zero attached hydrogens (tertiary/aromatic N) is 1. The molecule has 0 saturated carbocycles. The van der Waals surface area contributed by atoms with Crippen LogP contribution in [-0.2, 0) is 11.2 Å². The Morgan fingerprint density at radius 3 is 2.94 bits per heavy atom. The highest BCUT2D eigenvalue weighted by Crippen LogP contribution is 2.32. The van der Waals surface area contributed by atoms with Crippen molar-refractivity contribution >= 4 is 17.7 Å². The fraction of sp³-hybridized carbons (Fsp3) is 0.231. The van der Waals surface area contributed by atoms with Crippen molar-refractivity contribution in [2.24, 2.45) is 0 Å². The van der Waals surface area contributed by atoms with Crippen molar-refractivity contribution < 1.29 is 19.4 Å². The van der Waals surface area contributed by atoms with Crippen LogP contribution in [0, 0.1) is 0 Å². The molecule has 0 spiro atoms. The van der Waals surface area contributed by atoms with Crippen molar-refractivity contribution in [1.82, 2.24) is 0 Å². The van der Waals surface area contributed by atoms with Gasteiger partial charge in [0.05, 0.1) is 11.3 Å². The third kappa shape index (κ3) is 2.07. The second-order valence-corrected chi connectivity index (χ2v) is 3.89. The molecule has 2 rings (SSSR count). The normalized spacial score (nSPS) is 13.0. The fourth-order valence-corrected chi connectivity index (χ4v) is 2.02. The van der Waals surface area contributed by atoms with E-state index in [9.17, 15) is 9.59 Å². The smallest absolute Gasteiger partial charge is 0.414 e. The number of carbonyl (C=O) groups is 2. The number of aromatic carboxylic acids is 1. The zero-order valence-corrected chi connectivity index (χ0v) is 9.76. The molecule has 1 aromatic carbocycles.